The first-order chi connectivity index (χ1) is 13.1. The number of carbonyl (C=O) groups is 3. The first kappa shape index (κ1) is 18.7. The fraction of sp³-hybridized carbons (Fsp3) is 0.158. The fourth-order valence-corrected chi connectivity index (χ4v) is 3.20. The first-order valence-corrected chi connectivity index (χ1v) is 9.07. The molecule has 1 saturated heterocycles. The van der Waals surface area contributed by atoms with E-state index in [4.69, 9.17) is 4.74 Å². The van der Waals surface area contributed by atoms with Crippen molar-refractivity contribution in [2.24, 2.45) is 0 Å². The van der Waals surface area contributed by atoms with Crippen molar-refractivity contribution in [3.63, 3.8) is 0 Å². The Kier molecular flexibility index (Phi) is 5.87. The molecular formula is C19H17N3O4S. The van der Waals surface area contributed by atoms with E-state index in [1.54, 1.807) is 48.7 Å². The Hall–Kier alpha value is -3.13. The van der Waals surface area contributed by atoms with E-state index >= 15 is 0 Å². The summed E-state index contributed by atoms with van der Waals surface area (Å²) in [5.41, 5.74) is 1.13. The summed E-state index contributed by atoms with van der Waals surface area (Å²) in [6, 6.07) is 12.1. The topological polar surface area (TPSA) is 88.6 Å². The van der Waals surface area contributed by atoms with Crippen LogP contribution >= 0.6 is 11.8 Å². The minimum absolute atomic E-state index is 0.243. The molecule has 1 N–H and O–H groups in total. The summed E-state index contributed by atoms with van der Waals surface area (Å²) in [6.07, 6.45) is 3.13. The van der Waals surface area contributed by atoms with E-state index in [2.05, 4.69) is 10.3 Å². The second-order valence-electron chi connectivity index (χ2n) is 5.53. The highest BCUT2D eigenvalue weighted by Crippen LogP contribution is 2.31. The minimum Gasteiger partial charge on any atom is -0.494 e. The van der Waals surface area contributed by atoms with Crippen LogP contribution < -0.4 is 10.1 Å². The highest BCUT2D eigenvalue weighted by molar-refractivity contribution is 8.18. The summed E-state index contributed by atoms with van der Waals surface area (Å²) in [5, 5.41) is 2.18. The van der Waals surface area contributed by atoms with Gasteiger partial charge in [0, 0.05) is 11.9 Å². The second-order valence-corrected chi connectivity index (χ2v) is 6.52. The third-order valence-corrected chi connectivity index (χ3v) is 4.50. The summed E-state index contributed by atoms with van der Waals surface area (Å²) >= 11 is 0.794. The number of ether oxygens (including phenoxy) is 1. The van der Waals surface area contributed by atoms with Crippen LogP contribution in [0.25, 0.3) is 6.08 Å². The van der Waals surface area contributed by atoms with E-state index < -0.39 is 17.1 Å². The molecule has 1 aromatic heterocycles. The van der Waals surface area contributed by atoms with Crippen molar-refractivity contribution >= 4 is 40.6 Å². The Labute approximate surface area is 160 Å². The molecule has 1 aliphatic rings. The van der Waals surface area contributed by atoms with Gasteiger partial charge in [-0.25, -0.2) is 0 Å². The van der Waals surface area contributed by atoms with Crippen molar-refractivity contribution in [2.75, 3.05) is 18.5 Å². The third-order valence-electron chi connectivity index (χ3n) is 3.59. The van der Waals surface area contributed by atoms with Crippen LogP contribution in [0.5, 0.6) is 5.75 Å². The van der Waals surface area contributed by atoms with E-state index in [0.717, 1.165) is 16.7 Å². The number of thioether (sulfide) groups is 1. The van der Waals surface area contributed by atoms with Gasteiger partial charge in [0.1, 0.15) is 12.3 Å². The smallest absolute Gasteiger partial charge is 0.294 e. The molecule has 8 heteroatoms. The average molecular weight is 383 g/mol. The zero-order valence-corrected chi connectivity index (χ0v) is 15.4. The van der Waals surface area contributed by atoms with Gasteiger partial charge in [-0.15, -0.1) is 0 Å². The maximum absolute atomic E-state index is 12.4. The Balaban J connectivity index is 1.63. The highest BCUT2D eigenvalue weighted by Gasteiger charge is 2.36. The van der Waals surface area contributed by atoms with E-state index in [1.807, 2.05) is 6.92 Å². The molecule has 0 atom stereocenters. The predicted molar refractivity (Wildman–Crippen MR) is 103 cm³/mol. The molecule has 3 amide bonds. The van der Waals surface area contributed by atoms with E-state index in [9.17, 15) is 14.4 Å². The maximum atomic E-state index is 12.4. The van der Waals surface area contributed by atoms with Crippen LogP contribution in [0.4, 0.5) is 10.5 Å². The van der Waals surface area contributed by atoms with Gasteiger partial charge >= 0.3 is 0 Å². The quantitative estimate of drug-likeness (QED) is 0.771. The van der Waals surface area contributed by atoms with Gasteiger partial charge in [0.25, 0.3) is 11.1 Å². The van der Waals surface area contributed by atoms with Crippen molar-refractivity contribution in [3.8, 4) is 5.75 Å². The summed E-state index contributed by atoms with van der Waals surface area (Å²) < 4.78 is 5.34. The number of carbonyl (C=O) groups excluding carboxylic acids is 3. The van der Waals surface area contributed by atoms with Crippen molar-refractivity contribution in [2.45, 2.75) is 6.92 Å². The average Bonchev–Trinajstić information content (AvgIpc) is 2.92. The van der Waals surface area contributed by atoms with Crippen LogP contribution in [0.15, 0.2) is 53.6 Å². The first-order valence-electron chi connectivity index (χ1n) is 8.26. The number of benzene rings is 1. The molecule has 1 fully saturated rings. The summed E-state index contributed by atoms with van der Waals surface area (Å²) in [5.74, 6) is -0.265. The van der Waals surface area contributed by atoms with Crippen molar-refractivity contribution in [3.05, 3.63) is 59.3 Å². The molecular weight excluding hydrogens is 366 g/mol. The molecule has 0 saturated carbocycles. The van der Waals surface area contributed by atoms with Crippen molar-refractivity contribution in [1.82, 2.24) is 9.88 Å². The molecule has 3 rings (SSSR count). The molecule has 2 heterocycles. The zero-order valence-electron chi connectivity index (χ0n) is 14.5. The molecule has 7 nitrogen and oxygen atoms in total. The lowest BCUT2D eigenvalue weighted by atomic mass is 10.3. The second kappa shape index (κ2) is 8.50. The molecule has 0 radical (unpaired) electrons. The van der Waals surface area contributed by atoms with Crippen LogP contribution in [0.1, 0.15) is 12.6 Å². The number of rotatable bonds is 6. The van der Waals surface area contributed by atoms with Gasteiger partial charge in [0.15, 0.2) is 0 Å². The van der Waals surface area contributed by atoms with Gasteiger partial charge in [-0.1, -0.05) is 6.07 Å². The van der Waals surface area contributed by atoms with Crippen LogP contribution in [-0.4, -0.2) is 40.1 Å². The van der Waals surface area contributed by atoms with E-state index in [0.29, 0.717) is 23.7 Å². The molecule has 0 spiro atoms. The Morgan fingerprint density at radius 1 is 1.22 bits per heavy atom. The van der Waals surface area contributed by atoms with Gasteiger partial charge < -0.3 is 10.1 Å². The number of pyridine rings is 1. The van der Waals surface area contributed by atoms with Gasteiger partial charge in [0.2, 0.25) is 5.91 Å². The predicted octanol–water partition coefficient (Wildman–Crippen LogP) is 3.16. The lowest BCUT2D eigenvalue weighted by Gasteiger charge is -2.12. The van der Waals surface area contributed by atoms with Crippen molar-refractivity contribution in [1.29, 1.82) is 0 Å². The molecule has 0 bridgehead atoms. The Morgan fingerprint density at radius 2 is 2.00 bits per heavy atom. The summed E-state index contributed by atoms with van der Waals surface area (Å²) in [4.78, 5) is 42.0. The van der Waals surface area contributed by atoms with E-state index in [-0.39, 0.29) is 11.4 Å². The normalized spacial score (nSPS) is 15.3. The van der Waals surface area contributed by atoms with Crippen molar-refractivity contribution < 1.29 is 19.1 Å². The molecule has 2 aromatic rings. The summed E-state index contributed by atoms with van der Waals surface area (Å²) in [6.45, 7) is 2.09. The number of hydrogen-bond acceptors (Lipinski definition) is 6. The minimum atomic E-state index is -0.502. The number of hydrogen-bond donors (Lipinski definition) is 1. The molecule has 138 valence electrons. The van der Waals surface area contributed by atoms with Gasteiger partial charge in [-0.2, -0.15) is 0 Å². The SMILES string of the molecule is CCOc1ccc(NC(=O)CN2C(=O)S/C(=C\c3ccccn3)C2=O)cc1. The molecule has 0 aliphatic carbocycles. The lowest BCUT2D eigenvalue weighted by molar-refractivity contribution is -0.127. The number of imide groups is 1. The van der Waals surface area contributed by atoms with Crippen LogP contribution in [0.2, 0.25) is 0 Å². The molecule has 0 unspecified atom stereocenters. The van der Waals surface area contributed by atoms with Gasteiger partial charge in [-0.05, 0) is 61.2 Å². The number of aromatic nitrogens is 1. The summed E-state index contributed by atoms with van der Waals surface area (Å²) in [7, 11) is 0. The van der Waals surface area contributed by atoms with Crippen LogP contribution in [0.3, 0.4) is 0 Å². The Morgan fingerprint density at radius 3 is 2.67 bits per heavy atom. The third kappa shape index (κ3) is 4.73. The largest absolute Gasteiger partial charge is 0.494 e. The fourth-order valence-electron chi connectivity index (χ4n) is 2.38. The molecule has 1 aromatic carbocycles. The van der Waals surface area contributed by atoms with Crippen LogP contribution in [0, 0.1) is 0 Å². The standard InChI is InChI=1S/C19H17N3O4S/c1-2-26-15-8-6-13(7-9-15)21-17(23)12-22-18(24)16(27-19(22)25)11-14-5-3-4-10-20-14/h3-11H,2,12H2,1H3,(H,21,23)/b16-11-. The van der Waals surface area contributed by atoms with Gasteiger partial charge in [-0.3, -0.25) is 24.3 Å². The van der Waals surface area contributed by atoms with Gasteiger partial charge in [0.05, 0.1) is 17.2 Å². The zero-order chi connectivity index (χ0) is 19.2. The van der Waals surface area contributed by atoms with E-state index in [1.165, 1.54) is 6.08 Å². The highest BCUT2D eigenvalue weighted by atomic mass is 32.2. The molecule has 1 aliphatic heterocycles. The Bertz CT molecular complexity index is 882. The lowest BCUT2D eigenvalue weighted by Crippen LogP contribution is -2.36. The monoisotopic (exact) mass is 383 g/mol. The number of anilines is 1. The molecule has 27 heavy (non-hydrogen) atoms. The number of nitrogens with one attached hydrogen (secondary N) is 1. The number of nitrogens with zero attached hydrogens (tertiary/aromatic N) is 2. The number of amides is 3. The maximum Gasteiger partial charge on any atom is 0.294 e. The van der Waals surface area contributed by atoms with Crippen LogP contribution in [-0.2, 0) is 9.59 Å².